The van der Waals surface area contributed by atoms with E-state index in [1.54, 1.807) is 4.90 Å². The van der Waals surface area contributed by atoms with Crippen molar-refractivity contribution in [2.24, 2.45) is 0 Å². The number of rotatable bonds is 3. The first-order valence-corrected chi connectivity index (χ1v) is 12.5. The maximum absolute atomic E-state index is 14.4. The van der Waals surface area contributed by atoms with Gasteiger partial charge in [-0.3, -0.25) is 9.69 Å². The number of nitrogens with one attached hydrogen (secondary N) is 1. The van der Waals surface area contributed by atoms with Gasteiger partial charge in [-0.1, -0.05) is 43.0 Å². The summed E-state index contributed by atoms with van der Waals surface area (Å²) in [6.45, 7) is 2.38. The van der Waals surface area contributed by atoms with Gasteiger partial charge in [-0.2, -0.15) is 0 Å². The van der Waals surface area contributed by atoms with Crippen molar-refractivity contribution < 1.29 is 18.4 Å². The number of hydrogen-bond acceptors (Lipinski definition) is 3. The highest BCUT2D eigenvalue weighted by Gasteiger charge is 2.59. The van der Waals surface area contributed by atoms with Gasteiger partial charge >= 0.3 is 6.03 Å². The van der Waals surface area contributed by atoms with Gasteiger partial charge in [0.15, 0.2) is 4.87 Å². The maximum Gasteiger partial charge on any atom is 0.319 e. The molecule has 1 aliphatic carbocycles. The molecule has 1 saturated carbocycles. The summed E-state index contributed by atoms with van der Waals surface area (Å²) in [6.07, 6.45) is 5.31. The van der Waals surface area contributed by atoms with Crippen molar-refractivity contribution in [1.29, 1.82) is 0 Å². The minimum Gasteiger partial charge on any atom is -0.335 e. The first kappa shape index (κ1) is 22.2. The quantitative estimate of drug-likeness (QED) is 0.681. The zero-order valence-corrected chi connectivity index (χ0v) is 19.4. The third-order valence-electron chi connectivity index (χ3n) is 6.87. The Morgan fingerprint density at radius 1 is 1.15 bits per heavy atom. The second-order valence-corrected chi connectivity index (χ2v) is 10.4. The fourth-order valence-corrected chi connectivity index (χ4v) is 6.66. The number of carbonyl (C=O) groups excluding carboxylic acids is 2. The molecule has 1 saturated heterocycles. The van der Waals surface area contributed by atoms with Gasteiger partial charge in [0, 0.05) is 35.5 Å². The molecule has 5 rings (SSSR count). The molecule has 0 radical (unpaired) electrons. The predicted octanol–water partition coefficient (Wildman–Crippen LogP) is 5.06. The van der Waals surface area contributed by atoms with Crippen molar-refractivity contribution >= 4 is 29.4 Å². The minimum absolute atomic E-state index is 0.0264. The number of anilines is 1. The zero-order valence-electron chi connectivity index (χ0n) is 18.6. The standard InChI is InChI=1S/C25H27F2N3O2S/c1-16-7-10-22-20(13-16)25(23(31)29(22)15-17-8-9-18(26)14-21(17)27)30(11-12-33-25)24(32)28-19-5-3-2-4-6-19/h7-10,13-14,19H,2-6,11-12,15H2,1H3,(H,28,32). The third-order valence-corrected chi connectivity index (χ3v) is 8.29. The van der Waals surface area contributed by atoms with Gasteiger partial charge < -0.3 is 10.2 Å². The van der Waals surface area contributed by atoms with Crippen molar-refractivity contribution in [3.63, 3.8) is 0 Å². The molecule has 174 valence electrons. The normalized spacial score (nSPS) is 22.8. The van der Waals surface area contributed by atoms with Crippen LogP contribution in [0.25, 0.3) is 0 Å². The lowest BCUT2D eigenvalue weighted by Crippen LogP contribution is -2.55. The summed E-state index contributed by atoms with van der Waals surface area (Å²) < 4.78 is 27.9. The average molecular weight is 472 g/mol. The maximum atomic E-state index is 14.4. The smallest absolute Gasteiger partial charge is 0.319 e. The van der Waals surface area contributed by atoms with Crippen LogP contribution in [-0.2, 0) is 16.2 Å². The summed E-state index contributed by atoms with van der Waals surface area (Å²) in [7, 11) is 0. The highest BCUT2D eigenvalue weighted by molar-refractivity contribution is 8.01. The fourth-order valence-electron chi connectivity index (χ4n) is 5.21. The molecule has 1 spiro atoms. The van der Waals surface area contributed by atoms with E-state index < -0.39 is 16.5 Å². The van der Waals surface area contributed by atoms with Crippen LogP contribution in [0.1, 0.15) is 48.8 Å². The van der Waals surface area contributed by atoms with Crippen molar-refractivity contribution in [2.45, 2.75) is 56.5 Å². The molecular weight excluding hydrogens is 444 g/mol. The number of thioether (sulfide) groups is 1. The lowest BCUT2D eigenvalue weighted by atomic mass is 9.95. The van der Waals surface area contributed by atoms with Crippen molar-refractivity contribution in [1.82, 2.24) is 10.2 Å². The number of aryl methyl sites for hydroxylation is 1. The second-order valence-electron chi connectivity index (χ2n) is 9.08. The first-order chi connectivity index (χ1) is 15.9. The summed E-state index contributed by atoms with van der Waals surface area (Å²) in [4.78, 5) is 29.4. The van der Waals surface area contributed by atoms with Crippen molar-refractivity contribution in [3.05, 3.63) is 64.7 Å². The Balaban J connectivity index is 1.50. The number of nitrogens with zero attached hydrogens (tertiary/aromatic N) is 2. The van der Waals surface area contributed by atoms with Crippen LogP contribution in [0.4, 0.5) is 19.3 Å². The Hall–Kier alpha value is -2.61. The molecule has 33 heavy (non-hydrogen) atoms. The van der Waals surface area contributed by atoms with Gasteiger partial charge in [0.1, 0.15) is 11.6 Å². The average Bonchev–Trinajstić information content (AvgIpc) is 3.33. The predicted molar refractivity (Wildman–Crippen MR) is 125 cm³/mol. The van der Waals surface area contributed by atoms with Crippen LogP contribution in [0.3, 0.4) is 0 Å². The third kappa shape index (κ3) is 3.78. The van der Waals surface area contributed by atoms with E-state index in [0.717, 1.165) is 42.9 Å². The van der Waals surface area contributed by atoms with Crippen LogP contribution in [-0.4, -0.2) is 35.2 Å². The Morgan fingerprint density at radius 2 is 1.94 bits per heavy atom. The van der Waals surface area contributed by atoms with E-state index in [1.807, 2.05) is 25.1 Å². The molecule has 2 heterocycles. The highest BCUT2D eigenvalue weighted by Crippen LogP contribution is 2.54. The van der Waals surface area contributed by atoms with Gasteiger partial charge in [0.25, 0.3) is 5.91 Å². The molecular formula is C25H27F2N3O2S. The van der Waals surface area contributed by atoms with Crippen LogP contribution >= 0.6 is 11.8 Å². The van der Waals surface area contributed by atoms with Gasteiger partial charge in [0.05, 0.1) is 12.2 Å². The summed E-state index contributed by atoms with van der Waals surface area (Å²) >= 11 is 1.45. The van der Waals surface area contributed by atoms with Gasteiger partial charge in [-0.15, -0.1) is 11.8 Å². The molecule has 2 fully saturated rings. The van der Waals surface area contributed by atoms with Crippen LogP contribution < -0.4 is 10.2 Å². The van der Waals surface area contributed by atoms with Crippen LogP contribution in [0.2, 0.25) is 0 Å². The number of halogens is 2. The van der Waals surface area contributed by atoms with E-state index in [9.17, 15) is 18.4 Å². The summed E-state index contributed by atoms with van der Waals surface area (Å²) in [5, 5.41) is 3.16. The lowest BCUT2D eigenvalue weighted by molar-refractivity contribution is -0.123. The summed E-state index contributed by atoms with van der Waals surface area (Å²) in [6, 6.07) is 9.02. The van der Waals surface area contributed by atoms with E-state index in [4.69, 9.17) is 0 Å². The van der Waals surface area contributed by atoms with E-state index in [-0.39, 0.29) is 30.1 Å². The van der Waals surface area contributed by atoms with Crippen LogP contribution in [0, 0.1) is 18.6 Å². The largest absolute Gasteiger partial charge is 0.335 e. The number of carbonyl (C=O) groups is 2. The number of benzene rings is 2. The monoisotopic (exact) mass is 471 g/mol. The van der Waals surface area contributed by atoms with Crippen LogP contribution in [0.5, 0.6) is 0 Å². The SMILES string of the molecule is Cc1ccc2c(c1)C1(SCCN1C(=O)NC1CCCCC1)C(=O)N2Cc1ccc(F)cc1F. The van der Waals surface area contributed by atoms with Gasteiger partial charge in [-0.05, 0) is 31.9 Å². The minimum atomic E-state index is -1.17. The second kappa shape index (κ2) is 8.63. The molecule has 0 aromatic heterocycles. The molecule has 8 heteroatoms. The summed E-state index contributed by atoms with van der Waals surface area (Å²) in [5.74, 6) is -0.972. The van der Waals surface area contributed by atoms with E-state index >= 15 is 0 Å². The number of hydrogen-bond donors (Lipinski definition) is 1. The first-order valence-electron chi connectivity index (χ1n) is 11.5. The van der Waals surface area contributed by atoms with E-state index in [2.05, 4.69) is 5.32 Å². The topological polar surface area (TPSA) is 52.7 Å². The lowest BCUT2D eigenvalue weighted by Gasteiger charge is -2.35. The van der Waals surface area contributed by atoms with Crippen molar-refractivity contribution in [3.8, 4) is 0 Å². The van der Waals surface area contributed by atoms with E-state index in [0.29, 0.717) is 18.0 Å². The molecule has 1 atom stereocenters. The molecule has 1 unspecified atom stereocenters. The Kier molecular flexibility index (Phi) is 5.80. The molecule has 3 aliphatic rings. The Bertz CT molecular complexity index is 1110. The summed E-state index contributed by atoms with van der Waals surface area (Å²) in [5.41, 5.74) is 2.64. The molecule has 1 N–H and O–H groups in total. The number of amides is 3. The molecule has 2 aliphatic heterocycles. The fraction of sp³-hybridized carbons (Fsp3) is 0.440. The molecule has 5 nitrogen and oxygen atoms in total. The molecule has 3 amide bonds. The number of urea groups is 1. The van der Waals surface area contributed by atoms with E-state index in [1.165, 1.54) is 35.2 Å². The van der Waals surface area contributed by atoms with Crippen LogP contribution in [0.15, 0.2) is 36.4 Å². The van der Waals surface area contributed by atoms with Crippen molar-refractivity contribution in [2.75, 3.05) is 17.2 Å². The Morgan fingerprint density at radius 3 is 2.70 bits per heavy atom. The zero-order chi connectivity index (χ0) is 23.2. The molecule has 0 bridgehead atoms. The van der Waals surface area contributed by atoms with Gasteiger partial charge in [0.2, 0.25) is 0 Å². The number of fused-ring (bicyclic) bond motifs is 2. The molecule has 2 aromatic carbocycles. The molecule has 2 aromatic rings. The highest BCUT2D eigenvalue weighted by atomic mass is 32.2. The Labute approximate surface area is 196 Å². The van der Waals surface area contributed by atoms with Gasteiger partial charge in [-0.25, -0.2) is 13.6 Å².